The molecule has 116 valence electrons. The van der Waals surface area contributed by atoms with Gasteiger partial charge in [-0.05, 0) is 26.0 Å². The molecule has 2 heterocycles. The Kier molecular flexibility index (Phi) is 4.17. The number of benzene rings is 1. The molecule has 2 aromatic rings. The first-order valence-electron chi connectivity index (χ1n) is 7.29. The molecule has 0 saturated carbocycles. The number of aliphatic hydroxyl groups excluding tert-OH is 1. The summed E-state index contributed by atoms with van der Waals surface area (Å²) in [7, 11) is 0. The Morgan fingerprint density at radius 2 is 2.18 bits per heavy atom. The van der Waals surface area contributed by atoms with Gasteiger partial charge in [-0.1, -0.05) is 11.6 Å². The van der Waals surface area contributed by atoms with Gasteiger partial charge in [0.25, 0.3) is 0 Å². The quantitative estimate of drug-likeness (QED) is 0.778. The summed E-state index contributed by atoms with van der Waals surface area (Å²) in [6, 6.07) is 6.14. The summed E-state index contributed by atoms with van der Waals surface area (Å²) in [5.74, 6) is 1.19. The fourth-order valence-corrected chi connectivity index (χ4v) is 2.40. The van der Waals surface area contributed by atoms with Crippen LogP contribution in [0.1, 0.15) is 11.3 Å². The molecular formula is C15H20N6O. The number of β-amino-alcohol motifs (C(OH)–C–C–N with tert-alkyl or cyclic N) is 1. The highest BCUT2D eigenvalue weighted by atomic mass is 16.3. The van der Waals surface area contributed by atoms with E-state index in [0.717, 1.165) is 16.6 Å². The van der Waals surface area contributed by atoms with Gasteiger partial charge in [0.15, 0.2) is 0 Å². The number of nitrogens with zero attached hydrogens (tertiary/aromatic N) is 4. The van der Waals surface area contributed by atoms with Crippen LogP contribution in [-0.4, -0.2) is 52.4 Å². The van der Waals surface area contributed by atoms with Crippen molar-refractivity contribution in [3.8, 4) is 0 Å². The maximum Gasteiger partial charge on any atom is 0.230 e. The van der Waals surface area contributed by atoms with Gasteiger partial charge in [-0.2, -0.15) is 0 Å². The minimum atomic E-state index is 0.131. The molecule has 0 atom stereocenters. The number of hydrogen-bond donors (Lipinski definition) is 3. The summed E-state index contributed by atoms with van der Waals surface area (Å²) in [5, 5.41) is 16.3. The van der Waals surface area contributed by atoms with Crippen LogP contribution in [0.25, 0.3) is 10.9 Å². The largest absolute Gasteiger partial charge is 0.395 e. The van der Waals surface area contributed by atoms with Gasteiger partial charge >= 0.3 is 0 Å². The average molecular weight is 300 g/mol. The van der Waals surface area contributed by atoms with Crippen molar-refractivity contribution in [2.75, 3.05) is 31.8 Å². The van der Waals surface area contributed by atoms with Crippen LogP contribution in [0.2, 0.25) is 0 Å². The second-order valence-corrected chi connectivity index (χ2v) is 5.38. The molecule has 0 fully saturated rings. The van der Waals surface area contributed by atoms with E-state index in [9.17, 15) is 0 Å². The van der Waals surface area contributed by atoms with Gasteiger partial charge in [0.05, 0.1) is 31.2 Å². The highest BCUT2D eigenvalue weighted by molar-refractivity contribution is 5.93. The molecule has 3 rings (SSSR count). The van der Waals surface area contributed by atoms with Crippen molar-refractivity contribution in [1.82, 2.24) is 20.2 Å². The van der Waals surface area contributed by atoms with Crippen LogP contribution < -0.4 is 10.6 Å². The minimum absolute atomic E-state index is 0.131. The van der Waals surface area contributed by atoms with Crippen LogP contribution >= 0.6 is 0 Å². The van der Waals surface area contributed by atoms with Crippen molar-refractivity contribution >= 4 is 22.8 Å². The lowest BCUT2D eigenvalue weighted by molar-refractivity contribution is 0.191. The summed E-state index contributed by atoms with van der Waals surface area (Å²) >= 11 is 0. The number of aliphatic hydroxyl groups is 1. The summed E-state index contributed by atoms with van der Waals surface area (Å²) < 4.78 is 0. The fraction of sp³-hybridized carbons (Fsp3) is 0.400. The number of aryl methyl sites for hydroxylation is 2. The van der Waals surface area contributed by atoms with Gasteiger partial charge in [0, 0.05) is 11.9 Å². The number of nitrogens with one attached hydrogen (secondary N) is 2. The molecule has 0 radical (unpaired) electrons. The lowest BCUT2D eigenvalue weighted by Gasteiger charge is -2.26. The van der Waals surface area contributed by atoms with E-state index in [2.05, 4.69) is 38.6 Å². The molecule has 0 aliphatic carbocycles. The molecule has 3 N–H and O–H groups in total. The normalized spacial score (nSPS) is 15.5. The van der Waals surface area contributed by atoms with Gasteiger partial charge in [-0.3, -0.25) is 10.2 Å². The average Bonchev–Trinajstić information content (AvgIpc) is 2.50. The van der Waals surface area contributed by atoms with Crippen LogP contribution in [-0.2, 0) is 0 Å². The van der Waals surface area contributed by atoms with Crippen molar-refractivity contribution in [2.45, 2.75) is 13.8 Å². The van der Waals surface area contributed by atoms with E-state index in [0.29, 0.717) is 31.8 Å². The first kappa shape index (κ1) is 14.7. The number of guanidine groups is 1. The molecule has 0 saturated heterocycles. The van der Waals surface area contributed by atoms with Gasteiger partial charge in [0.1, 0.15) is 0 Å². The van der Waals surface area contributed by atoms with Crippen LogP contribution in [0.3, 0.4) is 0 Å². The van der Waals surface area contributed by atoms with Crippen LogP contribution in [0.5, 0.6) is 0 Å². The number of aromatic nitrogens is 2. The SMILES string of the molecule is Cc1ccc2nc(NC3=NCN(CCO)CN3)nc(C)c2c1. The monoisotopic (exact) mass is 300 g/mol. The van der Waals surface area contributed by atoms with Crippen molar-refractivity contribution in [3.63, 3.8) is 0 Å². The molecule has 0 bridgehead atoms. The Morgan fingerprint density at radius 3 is 2.91 bits per heavy atom. The zero-order valence-corrected chi connectivity index (χ0v) is 12.8. The van der Waals surface area contributed by atoms with E-state index in [1.165, 1.54) is 5.56 Å². The first-order valence-corrected chi connectivity index (χ1v) is 7.29. The third kappa shape index (κ3) is 3.15. The highest BCUT2D eigenvalue weighted by Gasteiger charge is 2.13. The number of rotatable bonds is 3. The second kappa shape index (κ2) is 6.25. The first-order chi connectivity index (χ1) is 10.7. The van der Waals surface area contributed by atoms with Crippen molar-refractivity contribution in [3.05, 3.63) is 29.5 Å². The Morgan fingerprint density at radius 1 is 1.32 bits per heavy atom. The molecule has 22 heavy (non-hydrogen) atoms. The molecule has 1 aliphatic rings. The van der Waals surface area contributed by atoms with E-state index in [-0.39, 0.29) is 6.61 Å². The van der Waals surface area contributed by atoms with E-state index in [4.69, 9.17) is 5.11 Å². The van der Waals surface area contributed by atoms with Gasteiger partial charge in [-0.15, -0.1) is 0 Å². The second-order valence-electron chi connectivity index (χ2n) is 5.38. The Labute approximate surface area is 129 Å². The lowest BCUT2D eigenvalue weighted by Crippen LogP contribution is -2.46. The van der Waals surface area contributed by atoms with E-state index in [1.54, 1.807) is 0 Å². The standard InChI is InChI=1S/C15H20N6O/c1-10-3-4-13-12(7-10)11(2)18-15(19-13)20-14-16-8-21(5-6-22)9-17-14/h3-4,7,22H,5-6,8-9H2,1-2H3,(H2,16,17,18,19,20). The third-order valence-electron chi connectivity index (χ3n) is 3.59. The maximum atomic E-state index is 8.92. The van der Waals surface area contributed by atoms with Gasteiger partial charge < -0.3 is 10.4 Å². The van der Waals surface area contributed by atoms with Crippen molar-refractivity contribution in [1.29, 1.82) is 0 Å². The number of fused-ring (bicyclic) bond motifs is 1. The summed E-state index contributed by atoms with van der Waals surface area (Å²) in [6.07, 6.45) is 0. The predicted octanol–water partition coefficient (Wildman–Crippen LogP) is 0.827. The number of hydrogen-bond acceptors (Lipinski definition) is 7. The third-order valence-corrected chi connectivity index (χ3v) is 3.59. The molecular weight excluding hydrogens is 280 g/mol. The van der Waals surface area contributed by atoms with E-state index < -0.39 is 0 Å². The number of aliphatic imine (C=N–C) groups is 1. The van der Waals surface area contributed by atoms with Crippen LogP contribution in [0.15, 0.2) is 23.2 Å². The summed E-state index contributed by atoms with van der Waals surface area (Å²) in [4.78, 5) is 15.4. The summed E-state index contributed by atoms with van der Waals surface area (Å²) in [6.45, 7) is 5.96. The molecule has 0 spiro atoms. The Bertz CT molecular complexity index is 714. The molecule has 7 heteroatoms. The predicted molar refractivity (Wildman–Crippen MR) is 86.7 cm³/mol. The van der Waals surface area contributed by atoms with Crippen LogP contribution in [0, 0.1) is 13.8 Å². The van der Waals surface area contributed by atoms with Crippen molar-refractivity contribution < 1.29 is 5.11 Å². The molecule has 1 aromatic carbocycles. The Balaban J connectivity index is 1.79. The molecule has 0 amide bonds. The molecule has 7 nitrogen and oxygen atoms in total. The zero-order valence-electron chi connectivity index (χ0n) is 12.8. The Hall–Kier alpha value is -2.25. The molecule has 0 unspecified atom stereocenters. The smallest absolute Gasteiger partial charge is 0.230 e. The highest BCUT2D eigenvalue weighted by Crippen LogP contribution is 2.18. The number of anilines is 1. The zero-order chi connectivity index (χ0) is 15.5. The van der Waals surface area contributed by atoms with E-state index in [1.807, 2.05) is 24.0 Å². The topological polar surface area (TPSA) is 85.7 Å². The van der Waals surface area contributed by atoms with Gasteiger partial charge in [-0.25, -0.2) is 15.0 Å². The van der Waals surface area contributed by atoms with Gasteiger partial charge in [0.2, 0.25) is 11.9 Å². The van der Waals surface area contributed by atoms with Crippen molar-refractivity contribution in [2.24, 2.45) is 4.99 Å². The lowest BCUT2D eigenvalue weighted by atomic mass is 10.1. The molecule has 1 aliphatic heterocycles. The fourth-order valence-electron chi connectivity index (χ4n) is 2.40. The van der Waals surface area contributed by atoms with Crippen LogP contribution in [0.4, 0.5) is 5.95 Å². The summed E-state index contributed by atoms with van der Waals surface area (Å²) in [5.41, 5.74) is 3.05. The minimum Gasteiger partial charge on any atom is -0.395 e. The molecule has 1 aromatic heterocycles. The maximum absolute atomic E-state index is 8.92. The van der Waals surface area contributed by atoms with E-state index >= 15 is 0 Å².